The van der Waals surface area contributed by atoms with Crippen LogP contribution in [0.2, 0.25) is 0 Å². The molecule has 1 aliphatic carbocycles. The second kappa shape index (κ2) is 7.43. The fourth-order valence-electron chi connectivity index (χ4n) is 2.85. The Kier molecular flexibility index (Phi) is 5.59. The van der Waals surface area contributed by atoms with Gasteiger partial charge in [-0.15, -0.1) is 0 Å². The van der Waals surface area contributed by atoms with E-state index in [-0.39, 0.29) is 0 Å². The van der Waals surface area contributed by atoms with Crippen LogP contribution in [-0.2, 0) is 0 Å². The smallest absolute Gasteiger partial charge is 0.229 e. The minimum absolute atomic E-state index is 0.517. The first kappa shape index (κ1) is 15.0. The fourth-order valence-corrected chi connectivity index (χ4v) is 2.85. The Morgan fingerprint density at radius 2 is 2.05 bits per heavy atom. The lowest BCUT2D eigenvalue weighted by Gasteiger charge is -2.34. The summed E-state index contributed by atoms with van der Waals surface area (Å²) in [6, 6.07) is 2.40. The molecule has 1 saturated carbocycles. The third kappa shape index (κ3) is 3.82. The molecule has 20 heavy (non-hydrogen) atoms. The van der Waals surface area contributed by atoms with Crippen LogP contribution in [-0.4, -0.2) is 35.7 Å². The molecule has 1 aromatic rings. The first-order chi connectivity index (χ1) is 9.74. The molecule has 0 saturated heterocycles. The van der Waals surface area contributed by atoms with Crippen molar-refractivity contribution in [1.82, 2.24) is 9.97 Å². The molecule has 112 valence electrons. The van der Waals surface area contributed by atoms with Crippen molar-refractivity contribution in [2.45, 2.75) is 52.0 Å². The summed E-state index contributed by atoms with van der Waals surface area (Å²) in [5.74, 6) is 1.43. The van der Waals surface area contributed by atoms with Gasteiger partial charge in [-0.1, -0.05) is 19.3 Å². The van der Waals surface area contributed by atoms with Gasteiger partial charge in [-0.2, -0.15) is 4.98 Å². The number of ether oxygens (including phenoxy) is 1. The van der Waals surface area contributed by atoms with E-state index in [9.17, 15) is 0 Å². The zero-order valence-electron chi connectivity index (χ0n) is 12.6. The highest BCUT2D eigenvalue weighted by Crippen LogP contribution is 2.26. The van der Waals surface area contributed by atoms with Crippen molar-refractivity contribution in [2.75, 3.05) is 24.6 Å². The Morgan fingerprint density at radius 3 is 2.70 bits per heavy atom. The molecule has 2 N–H and O–H groups in total. The van der Waals surface area contributed by atoms with E-state index >= 15 is 0 Å². The minimum atomic E-state index is 0.517. The molecular weight excluding hydrogens is 252 g/mol. The zero-order valence-corrected chi connectivity index (χ0v) is 12.6. The van der Waals surface area contributed by atoms with Crippen molar-refractivity contribution in [1.29, 1.82) is 0 Å². The summed E-state index contributed by atoms with van der Waals surface area (Å²) in [6.45, 7) is 6.00. The maximum Gasteiger partial charge on any atom is 0.229 e. The lowest BCUT2D eigenvalue weighted by atomic mass is 9.94. The molecular formula is C15H26N4O. The standard InChI is InChI=1S/C15H26N4O/c1-3-20-14-11-12(2)17-15(18-14)19(10-9-16)13-7-5-4-6-8-13/h11,13H,3-10,16H2,1-2H3. The summed E-state index contributed by atoms with van der Waals surface area (Å²) in [5, 5.41) is 0. The Hall–Kier alpha value is -1.36. The molecule has 0 spiro atoms. The van der Waals surface area contributed by atoms with Crippen LogP contribution in [0.1, 0.15) is 44.7 Å². The van der Waals surface area contributed by atoms with E-state index in [1.807, 2.05) is 19.9 Å². The third-order valence-corrected chi connectivity index (χ3v) is 3.75. The van der Waals surface area contributed by atoms with Gasteiger partial charge in [0.05, 0.1) is 6.61 Å². The van der Waals surface area contributed by atoms with Gasteiger partial charge in [-0.3, -0.25) is 0 Å². The number of nitrogens with zero attached hydrogens (tertiary/aromatic N) is 3. The average molecular weight is 278 g/mol. The second-order valence-electron chi connectivity index (χ2n) is 5.35. The molecule has 5 heteroatoms. The van der Waals surface area contributed by atoms with Crippen molar-refractivity contribution in [3.63, 3.8) is 0 Å². The largest absolute Gasteiger partial charge is 0.478 e. The topological polar surface area (TPSA) is 64.3 Å². The molecule has 0 aliphatic heterocycles. The molecule has 1 aromatic heterocycles. The lowest BCUT2D eigenvalue weighted by molar-refractivity contribution is 0.325. The van der Waals surface area contributed by atoms with Crippen LogP contribution in [0.4, 0.5) is 5.95 Å². The Bertz CT molecular complexity index is 418. The molecule has 1 heterocycles. The predicted molar refractivity (Wildman–Crippen MR) is 81.2 cm³/mol. The first-order valence-corrected chi connectivity index (χ1v) is 7.69. The quantitative estimate of drug-likeness (QED) is 0.865. The minimum Gasteiger partial charge on any atom is -0.478 e. The fraction of sp³-hybridized carbons (Fsp3) is 0.733. The summed E-state index contributed by atoms with van der Waals surface area (Å²) in [6.07, 6.45) is 6.33. The van der Waals surface area contributed by atoms with Crippen LogP contribution in [0.3, 0.4) is 0 Å². The second-order valence-corrected chi connectivity index (χ2v) is 5.35. The number of hydrogen-bond acceptors (Lipinski definition) is 5. The van der Waals surface area contributed by atoms with Gasteiger partial charge in [-0.05, 0) is 26.7 Å². The average Bonchev–Trinajstić information content (AvgIpc) is 2.45. The molecule has 0 atom stereocenters. The Morgan fingerprint density at radius 1 is 1.30 bits per heavy atom. The zero-order chi connectivity index (χ0) is 14.4. The number of aromatic nitrogens is 2. The lowest BCUT2D eigenvalue weighted by Crippen LogP contribution is -2.41. The van der Waals surface area contributed by atoms with E-state index in [2.05, 4.69) is 14.9 Å². The van der Waals surface area contributed by atoms with Gasteiger partial charge in [0.25, 0.3) is 0 Å². The van der Waals surface area contributed by atoms with Crippen LogP contribution >= 0.6 is 0 Å². The van der Waals surface area contributed by atoms with Gasteiger partial charge >= 0.3 is 0 Å². The summed E-state index contributed by atoms with van der Waals surface area (Å²) in [5.41, 5.74) is 6.72. The van der Waals surface area contributed by atoms with Crippen molar-refractivity contribution in [2.24, 2.45) is 5.73 Å². The highest BCUT2D eigenvalue weighted by molar-refractivity contribution is 5.36. The molecule has 0 bridgehead atoms. The summed E-state index contributed by atoms with van der Waals surface area (Å²) in [7, 11) is 0. The van der Waals surface area contributed by atoms with E-state index in [0.717, 1.165) is 18.2 Å². The highest BCUT2D eigenvalue weighted by Gasteiger charge is 2.23. The van der Waals surface area contributed by atoms with E-state index in [1.54, 1.807) is 0 Å². The number of anilines is 1. The van der Waals surface area contributed by atoms with Crippen molar-refractivity contribution in [3.05, 3.63) is 11.8 Å². The van der Waals surface area contributed by atoms with Gasteiger partial charge in [0.1, 0.15) is 0 Å². The predicted octanol–water partition coefficient (Wildman–Crippen LogP) is 2.28. The molecule has 0 aromatic carbocycles. The van der Waals surface area contributed by atoms with E-state index < -0.39 is 0 Å². The van der Waals surface area contributed by atoms with Gasteiger partial charge in [-0.25, -0.2) is 4.98 Å². The van der Waals surface area contributed by atoms with Crippen LogP contribution in [0, 0.1) is 6.92 Å². The molecule has 1 fully saturated rings. The van der Waals surface area contributed by atoms with Crippen LogP contribution in [0.25, 0.3) is 0 Å². The molecule has 5 nitrogen and oxygen atoms in total. The van der Waals surface area contributed by atoms with Crippen LogP contribution in [0.15, 0.2) is 6.07 Å². The Balaban J connectivity index is 2.22. The van der Waals surface area contributed by atoms with E-state index in [1.165, 1.54) is 32.1 Å². The molecule has 0 amide bonds. The van der Waals surface area contributed by atoms with Crippen molar-refractivity contribution in [3.8, 4) is 5.88 Å². The summed E-state index contributed by atoms with van der Waals surface area (Å²) >= 11 is 0. The maximum absolute atomic E-state index is 5.78. The third-order valence-electron chi connectivity index (χ3n) is 3.75. The SMILES string of the molecule is CCOc1cc(C)nc(N(CCN)C2CCCCC2)n1. The van der Waals surface area contributed by atoms with Gasteiger partial charge in [0.15, 0.2) is 0 Å². The number of hydrogen-bond donors (Lipinski definition) is 1. The highest BCUT2D eigenvalue weighted by atomic mass is 16.5. The van der Waals surface area contributed by atoms with Gasteiger partial charge < -0.3 is 15.4 Å². The van der Waals surface area contributed by atoms with E-state index in [4.69, 9.17) is 10.5 Å². The van der Waals surface area contributed by atoms with Gasteiger partial charge in [0, 0.05) is 30.9 Å². The first-order valence-electron chi connectivity index (χ1n) is 7.69. The summed E-state index contributed by atoms with van der Waals surface area (Å²) < 4.78 is 5.53. The van der Waals surface area contributed by atoms with Gasteiger partial charge in [0.2, 0.25) is 11.8 Å². The maximum atomic E-state index is 5.78. The molecule has 0 radical (unpaired) electrons. The van der Waals surface area contributed by atoms with Crippen molar-refractivity contribution < 1.29 is 4.74 Å². The van der Waals surface area contributed by atoms with E-state index in [0.29, 0.717) is 25.1 Å². The number of nitrogens with two attached hydrogens (primary N) is 1. The van der Waals surface area contributed by atoms with Crippen LogP contribution in [0.5, 0.6) is 5.88 Å². The monoisotopic (exact) mass is 278 g/mol. The number of aryl methyl sites for hydroxylation is 1. The molecule has 0 unspecified atom stereocenters. The van der Waals surface area contributed by atoms with Crippen molar-refractivity contribution >= 4 is 5.95 Å². The summed E-state index contributed by atoms with van der Waals surface area (Å²) in [4.78, 5) is 11.4. The van der Waals surface area contributed by atoms with Crippen LogP contribution < -0.4 is 15.4 Å². The number of rotatable bonds is 6. The molecule has 1 aliphatic rings. The normalized spacial score (nSPS) is 16.1. The molecule has 2 rings (SSSR count). The Labute approximate surface area is 121 Å².